The summed E-state index contributed by atoms with van der Waals surface area (Å²) in [6.07, 6.45) is 21.4. The van der Waals surface area contributed by atoms with Crippen LogP contribution in [-0.4, -0.2) is 28.9 Å². The molecule has 2 aliphatic carbocycles. The Labute approximate surface area is 133 Å². The number of nitrogens with zero attached hydrogens (tertiary/aromatic N) is 2. The van der Waals surface area contributed by atoms with Crippen molar-refractivity contribution in [1.29, 1.82) is 0 Å². The molecule has 0 bridgehead atoms. The van der Waals surface area contributed by atoms with Crippen LogP contribution >= 0.6 is 0 Å². The molecule has 0 unspecified atom stereocenters. The molecular weight excluding hydrogens is 272 g/mol. The van der Waals surface area contributed by atoms with Crippen molar-refractivity contribution in [3.05, 3.63) is 47.7 Å². The molecule has 0 aromatic heterocycles. The summed E-state index contributed by atoms with van der Waals surface area (Å²) in [5.41, 5.74) is 3.86. The molecule has 3 nitrogen and oxygen atoms in total. The molecule has 1 N–H and O–H groups in total. The van der Waals surface area contributed by atoms with E-state index in [9.17, 15) is 0 Å². The van der Waals surface area contributed by atoms with Crippen molar-refractivity contribution < 1.29 is 5.21 Å². The van der Waals surface area contributed by atoms with Gasteiger partial charge in [0.15, 0.2) is 0 Å². The Morgan fingerprint density at radius 1 is 1.18 bits per heavy atom. The third kappa shape index (κ3) is 3.90. The summed E-state index contributed by atoms with van der Waals surface area (Å²) in [6, 6.07) is 0. The van der Waals surface area contributed by atoms with Gasteiger partial charge in [-0.05, 0) is 74.3 Å². The zero-order chi connectivity index (χ0) is 15.2. The van der Waals surface area contributed by atoms with Crippen LogP contribution < -0.4 is 0 Å². The highest BCUT2D eigenvalue weighted by Crippen LogP contribution is 2.27. The average molecular weight is 298 g/mol. The van der Waals surface area contributed by atoms with Crippen molar-refractivity contribution in [3.63, 3.8) is 0 Å². The predicted molar refractivity (Wildman–Crippen MR) is 91.0 cm³/mol. The highest BCUT2D eigenvalue weighted by molar-refractivity contribution is 5.84. The van der Waals surface area contributed by atoms with Gasteiger partial charge in [0.05, 0.1) is 5.71 Å². The fraction of sp³-hybridized carbons (Fsp3) is 0.526. The molecule has 3 aliphatic rings. The van der Waals surface area contributed by atoms with Crippen LogP contribution in [0.1, 0.15) is 44.9 Å². The lowest BCUT2D eigenvalue weighted by molar-refractivity contribution is 0.301. The van der Waals surface area contributed by atoms with Gasteiger partial charge in [0, 0.05) is 13.1 Å². The first-order valence-corrected chi connectivity index (χ1v) is 8.52. The summed E-state index contributed by atoms with van der Waals surface area (Å²) in [5, 5.41) is 12.2. The van der Waals surface area contributed by atoms with Crippen LogP contribution in [0.5, 0.6) is 0 Å². The van der Waals surface area contributed by atoms with E-state index >= 15 is 0 Å². The molecule has 1 fully saturated rings. The molecule has 0 aromatic carbocycles. The van der Waals surface area contributed by atoms with Crippen LogP contribution in [0, 0.1) is 5.92 Å². The van der Waals surface area contributed by atoms with Crippen molar-refractivity contribution in [2.45, 2.75) is 44.9 Å². The molecule has 3 heteroatoms. The molecule has 1 heterocycles. The zero-order valence-electron chi connectivity index (χ0n) is 13.2. The van der Waals surface area contributed by atoms with Crippen molar-refractivity contribution >= 4 is 5.71 Å². The Balaban J connectivity index is 1.42. The van der Waals surface area contributed by atoms with Crippen LogP contribution in [0.3, 0.4) is 0 Å². The number of allylic oxidation sites excluding steroid dienone is 6. The first kappa shape index (κ1) is 15.1. The van der Waals surface area contributed by atoms with E-state index in [0.29, 0.717) is 0 Å². The van der Waals surface area contributed by atoms with Gasteiger partial charge in [0.2, 0.25) is 0 Å². The topological polar surface area (TPSA) is 35.8 Å². The SMILES string of the molecule is ON=C1CCC(CCN2C=CC(C3=CCC=CC3)=CC2)CC1. The minimum absolute atomic E-state index is 0.787. The van der Waals surface area contributed by atoms with Gasteiger partial charge in [-0.1, -0.05) is 29.5 Å². The Bertz CT molecular complexity index is 530. The van der Waals surface area contributed by atoms with Crippen molar-refractivity contribution in [3.8, 4) is 0 Å². The second kappa shape index (κ2) is 7.48. The zero-order valence-corrected chi connectivity index (χ0v) is 13.2. The van der Waals surface area contributed by atoms with E-state index in [4.69, 9.17) is 5.21 Å². The molecule has 0 radical (unpaired) electrons. The fourth-order valence-corrected chi connectivity index (χ4v) is 3.52. The smallest absolute Gasteiger partial charge is 0.0571 e. The van der Waals surface area contributed by atoms with E-state index in [1.807, 2.05) is 0 Å². The molecule has 0 saturated heterocycles. The van der Waals surface area contributed by atoms with Gasteiger partial charge in [-0.25, -0.2) is 0 Å². The van der Waals surface area contributed by atoms with Crippen LogP contribution in [-0.2, 0) is 0 Å². The largest absolute Gasteiger partial charge is 0.411 e. The Morgan fingerprint density at radius 3 is 2.68 bits per heavy atom. The molecule has 3 rings (SSSR count). The summed E-state index contributed by atoms with van der Waals surface area (Å²) in [5.74, 6) is 0.787. The van der Waals surface area contributed by atoms with E-state index in [2.05, 4.69) is 46.6 Å². The quantitative estimate of drug-likeness (QED) is 0.473. The van der Waals surface area contributed by atoms with E-state index in [1.54, 1.807) is 0 Å². The van der Waals surface area contributed by atoms with E-state index < -0.39 is 0 Å². The van der Waals surface area contributed by atoms with Gasteiger partial charge in [-0.2, -0.15) is 0 Å². The monoisotopic (exact) mass is 298 g/mol. The third-order valence-corrected chi connectivity index (χ3v) is 5.03. The number of rotatable bonds is 4. The number of hydrogen-bond acceptors (Lipinski definition) is 3. The maximum atomic E-state index is 8.80. The molecule has 1 aliphatic heterocycles. The van der Waals surface area contributed by atoms with Gasteiger partial charge in [-0.15, -0.1) is 0 Å². The lowest BCUT2D eigenvalue weighted by atomic mass is 9.85. The van der Waals surface area contributed by atoms with Crippen LogP contribution in [0.4, 0.5) is 0 Å². The normalized spacial score (nSPS) is 25.0. The maximum absolute atomic E-state index is 8.80. The van der Waals surface area contributed by atoms with Crippen LogP contribution in [0.15, 0.2) is 52.9 Å². The molecule has 1 saturated carbocycles. The van der Waals surface area contributed by atoms with Crippen molar-refractivity contribution in [2.75, 3.05) is 13.1 Å². The highest BCUT2D eigenvalue weighted by atomic mass is 16.4. The first-order chi connectivity index (χ1) is 10.8. The summed E-state index contributed by atoms with van der Waals surface area (Å²) >= 11 is 0. The van der Waals surface area contributed by atoms with Crippen LogP contribution in [0.2, 0.25) is 0 Å². The van der Waals surface area contributed by atoms with Gasteiger partial charge < -0.3 is 10.1 Å². The predicted octanol–water partition coefficient (Wildman–Crippen LogP) is 4.43. The minimum Gasteiger partial charge on any atom is -0.411 e. The Kier molecular flexibility index (Phi) is 5.15. The molecule has 22 heavy (non-hydrogen) atoms. The van der Waals surface area contributed by atoms with E-state index in [1.165, 1.54) is 30.4 Å². The van der Waals surface area contributed by atoms with Crippen molar-refractivity contribution in [1.82, 2.24) is 4.90 Å². The lowest BCUT2D eigenvalue weighted by Gasteiger charge is -2.28. The first-order valence-electron chi connectivity index (χ1n) is 8.52. The maximum Gasteiger partial charge on any atom is 0.0571 e. The number of hydrogen-bond donors (Lipinski definition) is 1. The molecule has 0 amide bonds. The minimum atomic E-state index is 0.787. The molecule has 0 aromatic rings. The second-order valence-electron chi connectivity index (χ2n) is 6.51. The average Bonchev–Trinajstić information content (AvgIpc) is 2.61. The van der Waals surface area contributed by atoms with E-state index in [0.717, 1.165) is 50.4 Å². The number of oxime groups is 1. The Hall–Kier alpha value is -1.77. The second-order valence-corrected chi connectivity index (χ2v) is 6.51. The van der Waals surface area contributed by atoms with Gasteiger partial charge in [-0.3, -0.25) is 0 Å². The summed E-state index contributed by atoms with van der Waals surface area (Å²) in [6.45, 7) is 2.17. The summed E-state index contributed by atoms with van der Waals surface area (Å²) in [7, 11) is 0. The van der Waals surface area contributed by atoms with Crippen molar-refractivity contribution in [2.24, 2.45) is 11.1 Å². The lowest BCUT2D eigenvalue weighted by Crippen LogP contribution is -2.25. The highest BCUT2D eigenvalue weighted by Gasteiger charge is 2.18. The third-order valence-electron chi connectivity index (χ3n) is 5.03. The molecular formula is C19H26N2O. The molecule has 0 atom stereocenters. The van der Waals surface area contributed by atoms with Gasteiger partial charge in [0.25, 0.3) is 0 Å². The molecule has 118 valence electrons. The summed E-state index contributed by atoms with van der Waals surface area (Å²) < 4.78 is 0. The summed E-state index contributed by atoms with van der Waals surface area (Å²) in [4.78, 5) is 2.42. The Morgan fingerprint density at radius 2 is 2.05 bits per heavy atom. The fourth-order valence-electron chi connectivity index (χ4n) is 3.52. The standard InChI is InChI=1S/C19H26N2O/c22-20-19-8-6-16(7-9-19)10-13-21-14-11-18(12-15-21)17-4-2-1-3-5-17/h1-2,5,11-12,14,16,22H,3-4,6-10,13,15H2. The van der Waals surface area contributed by atoms with E-state index in [-0.39, 0.29) is 0 Å². The van der Waals surface area contributed by atoms with Gasteiger partial charge in [0.1, 0.15) is 0 Å². The molecule has 0 spiro atoms. The van der Waals surface area contributed by atoms with Crippen LogP contribution in [0.25, 0.3) is 0 Å². The van der Waals surface area contributed by atoms with Gasteiger partial charge >= 0.3 is 0 Å².